The predicted octanol–water partition coefficient (Wildman–Crippen LogP) is 3.11. The minimum atomic E-state index is 0.0679. The van der Waals surface area contributed by atoms with Crippen molar-refractivity contribution in [1.29, 1.82) is 0 Å². The van der Waals surface area contributed by atoms with Crippen LogP contribution in [-0.4, -0.2) is 14.2 Å². The van der Waals surface area contributed by atoms with Crippen molar-refractivity contribution in [3.63, 3.8) is 0 Å². The van der Waals surface area contributed by atoms with E-state index in [4.69, 9.17) is 15.2 Å². The maximum atomic E-state index is 6.09. The third-order valence-electron chi connectivity index (χ3n) is 2.48. The SMILES string of the molecule is CCCC(N)c1cc(I)c(OC)c(OC)c1. The van der Waals surface area contributed by atoms with E-state index in [1.54, 1.807) is 14.2 Å². The van der Waals surface area contributed by atoms with Crippen molar-refractivity contribution in [2.75, 3.05) is 14.2 Å². The topological polar surface area (TPSA) is 44.5 Å². The summed E-state index contributed by atoms with van der Waals surface area (Å²) in [7, 11) is 3.29. The molecule has 16 heavy (non-hydrogen) atoms. The van der Waals surface area contributed by atoms with Crippen LogP contribution in [0.1, 0.15) is 31.4 Å². The molecule has 3 nitrogen and oxygen atoms in total. The number of ether oxygens (including phenoxy) is 2. The van der Waals surface area contributed by atoms with E-state index in [0.29, 0.717) is 0 Å². The van der Waals surface area contributed by atoms with Gasteiger partial charge in [0.2, 0.25) is 0 Å². The van der Waals surface area contributed by atoms with Crippen LogP contribution in [0.4, 0.5) is 0 Å². The molecule has 1 unspecified atom stereocenters. The summed E-state index contributed by atoms with van der Waals surface area (Å²) in [4.78, 5) is 0. The predicted molar refractivity (Wildman–Crippen MR) is 74.1 cm³/mol. The normalized spacial score (nSPS) is 12.3. The molecular weight excluding hydrogens is 317 g/mol. The first-order valence-electron chi connectivity index (χ1n) is 5.31. The zero-order valence-corrected chi connectivity index (χ0v) is 12.1. The van der Waals surface area contributed by atoms with E-state index in [-0.39, 0.29) is 6.04 Å². The molecule has 0 aliphatic carbocycles. The van der Waals surface area contributed by atoms with Crippen LogP contribution in [0.3, 0.4) is 0 Å². The van der Waals surface area contributed by atoms with Crippen molar-refractivity contribution in [3.05, 3.63) is 21.3 Å². The van der Waals surface area contributed by atoms with Crippen LogP contribution >= 0.6 is 22.6 Å². The fourth-order valence-electron chi connectivity index (χ4n) is 1.63. The third-order valence-corrected chi connectivity index (χ3v) is 3.29. The van der Waals surface area contributed by atoms with Crippen molar-refractivity contribution < 1.29 is 9.47 Å². The number of methoxy groups -OCH3 is 2. The molecule has 0 aliphatic rings. The first-order chi connectivity index (χ1) is 7.63. The molecule has 2 N–H and O–H groups in total. The molecule has 0 aromatic heterocycles. The number of hydrogen-bond donors (Lipinski definition) is 1. The average molecular weight is 335 g/mol. The van der Waals surface area contributed by atoms with E-state index in [1.165, 1.54) is 0 Å². The molecule has 4 heteroatoms. The van der Waals surface area contributed by atoms with Gasteiger partial charge in [-0.2, -0.15) is 0 Å². The molecule has 90 valence electrons. The molecule has 0 bridgehead atoms. The molecule has 1 rings (SSSR count). The smallest absolute Gasteiger partial charge is 0.174 e. The monoisotopic (exact) mass is 335 g/mol. The highest BCUT2D eigenvalue weighted by molar-refractivity contribution is 14.1. The lowest BCUT2D eigenvalue weighted by atomic mass is 10.0. The molecule has 0 spiro atoms. The standard InChI is InChI=1S/C12H18INO2/c1-4-5-10(14)8-6-9(13)12(16-3)11(7-8)15-2/h6-7,10H,4-5,14H2,1-3H3. The maximum Gasteiger partial charge on any atom is 0.174 e. The van der Waals surface area contributed by atoms with Crippen molar-refractivity contribution in [2.45, 2.75) is 25.8 Å². The molecule has 1 aromatic rings. The van der Waals surface area contributed by atoms with E-state index in [1.807, 2.05) is 6.07 Å². The van der Waals surface area contributed by atoms with Gasteiger partial charge in [0.05, 0.1) is 17.8 Å². The van der Waals surface area contributed by atoms with Gasteiger partial charge in [-0.15, -0.1) is 0 Å². The summed E-state index contributed by atoms with van der Waals surface area (Å²) in [5.41, 5.74) is 7.19. The molecule has 0 saturated heterocycles. The number of rotatable bonds is 5. The summed E-state index contributed by atoms with van der Waals surface area (Å²) in [6.07, 6.45) is 2.05. The van der Waals surface area contributed by atoms with E-state index in [2.05, 4.69) is 35.6 Å². The van der Waals surface area contributed by atoms with Gasteiger partial charge >= 0.3 is 0 Å². The number of benzene rings is 1. The van der Waals surface area contributed by atoms with Gasteiger partial charge in [-0.25, -0.2) is 0 Å². The summed E-state index contributed by atoms with van der Waals surface area (Å²) in [5, 5.41) is 0. The van der Waals surface area contributed by atoms with Crippen molar-refractivity contribution in [1.82, 2.24) is 0 Å². The Morgan fingerprint density at radius 1 is 1.31 bits per heavy atom. The molecule has 0 fully saturated rings. The van der Waals surface area contributed by atoms with E-state index >= 15 is 0 Å². The second-order valence-electron chi connectivity index (χ2n) is 3.63. The van der Waals surface area contributed by atoms with E-state index in [9.17, 15) is 0 Å². The van der Waals surface area contributed by atoms with Crippen molar-refractivity contribution in [2.24, 2.45) is 5.73 Å². The zero-order valence-electron chi connectivity index (χ0n) is 9.92. The van der Waals surface area contributed by atoms with Gasteiger partial charge < -0.3 is 15.2 Å². The van der Waals surface area contributed by atoms with Crippen LogP contribution in [0.25, 0.3) is 0 Å². The average Bonchev–Trinajstić information content (AvgIpc) is 2.28. The van der Waals surface area contributed by atoms with Crippen molar-refractivity contribution in [3.8, 4) is 11.5 Å². The first kappa shape index (κ1) is 13.6. The Bertz CT molecular complexity index is 355. The van der Waals surface area contributed by atoms with Gasteiger partial charge in [-0.05, 0) is 46.7 Å². The molecule has 0 amide bonds. The van der Waals surface area contributed by atoms with Gasteiger partial charge in [-0.1, -0.05) is 13.3 Å². The van der Waals surface area contributed by atoms with Gasteiger partial charge in [0.1, 0.15) is 0 Å². The number of halogens is 1. The Morgan fingerprint density at radius 3 is 2.50 bits per heavy atom. The fraction of sp³-hybridized carbons (Fsp3) is 0.500. The lowest BCUT2D eigenvalue weighted by Gasteiger charge is -2.15. The lowest BCUT2D eigenvalue weighted by Crippen LogP contribution is -2.10. The van der Waals surface area contributed by atoms with Crippen LogP contribution in [-0.2, 0) is 0 Å². The Balaban J connectivity index is 3.09. The lowest BCUT2D eigenvalue weighted by molar-refractivity contribution is 0.352. The molecule has 0 saturated carbocycles. The minimum absolute atomic E-state index is 0.0679. The molecule has 1 atom stereocenters. The van der Waals surface area contributed by atoms with Crippen molar-refractivity contribution >= 4 is 22.6 Å². The third kappa shape index (κ3) is 3.01. The van der Waals surface area contributed by atoms with Gasteiger partial charge in [0, 0.05) is 6.04 Å². The largest absolute Gasteiger partial charge is 0.493 e. The van der Waals surface area contributed by atoms with Crippen LogP contribution in [0.15, 0.2) is 12.1 Å². The molecule has 0 radical (unpaired) electrons. The summed E-state index contributed by atoms with van der Waals surface area (Å²) in [5.74, 6) is 1.52. The van der Waals surface area contributed by atoms with Gasteiger partial charge in [0.15, 0.2) is 11.5 Å². The Morgan fingerprint density at radius 2 is 2.00 bits per heavy atom. The summed E-state index contributed by atoms with van der Waals surface area (Å²) >= 11 is 2.24. The quantitative estimate of drug-likeness (QED) is 0.841. The molecule has 0 aliphatic heterocycles. The summed E-state index contributed by atoms with van der Waals surface area (Å²) in [6, 6.07) is 4.09. The second kappa shape index (κ2) is 6.30. The molecular formula is C12H18INO2. The maximum absolute atomic E-state index is 6.09. The highest BCUT2D eigenvalue weighted by Gasteiger charge is 2.13. The zero-order chi connectivity index (χ0) is 12.1. The first-order valence-corrected chi connectivity index (χ1v) is 6.38. The Kier molecular flexibility index (Phi) is 5.34. The summed E-state index contributed by atoms with van der Waals surface area (Å²) in [6.45, 7) is 2.13. The highest BCUT2D eigenvalue weighted by atomic mass is 127. The van der Waals surface area contributed by atoms with Gasteiger partial charge in [-0.3, -0.25) is 0 Å². The second-order valence-corrected chi connectivity index (χ2v) is 4.80. The minimum Gasteiger partial charge on any atom is -0.493 e. The fourth-order valence-corrected chi connectivity index (χ4v) is 2.48. The Labute approximate surface area is 110 Å². The number of hydrogen-bond acceptors (Lipinski definition) is 3. The Hall–Kier alpha value is -0.490. The number of nitrogens with two attached hydrogens (primary N) is 1. The van der Waals surface area contributed by atoms with E-state index < -0.39 is 0 Å². The molecule has 0 heterocycles. The summed E-state index contributed by atoms with van der Waals surface area (Å²) < 4.78 is 11.6. The van der Waals surface area contributed by atoms with Crippen LogP contribution < -0.4 is 15.2 Å². The highest BCUT2D eigenvalue weighted by Crippen LogP contribution is 2.35. The van der Waals surface area contributed by atoms with Crippen LogP contribution in [0.5, 0.6) is 11.5 Å². The van der Waals surface area contributed by atoms with Gasteiger partial charge in [0.25, 0.3) is 0 Å². The van der Waals surface area contributed by atoms with Crippen LogP contribution in [0.2, 0.25) is 0 Å². The van der Waals surface area contributed by atoms with Crippen LogP contribution in [0, 0.1) is 3.57 Å². The molecule has 1 aromatic carbocycles. The van der Waals surface area contributed by atoms with E-state index in [0.717, 1.165) is 33.5 Å².